The van der Waals surface area contributed by atoms with E-state index in [1.165, 1.54) is 6.07 Å². The zero-order chi connectivity index (χ0) is 14.4. The van der Waals surface area contributed by atoms with Crippen molar-refractivity contribution >= 4 is 5.69 Å². The van der Waals surface area contributed by atoms with Crippen LogP contribution in [0.5, 0.6) is 0 Å². The summed E-state index contributed by atoms with van der Waals surface area (Å²) in [6, 6.07) is 5.46. The third-order valence-electron chi connectivity index (χ3n) is 3.39. The van der Waals surface area contributed by atoms with Crippen molar-refractivity contribution in [2.75, 3.05) is 25.1 Å². The Bertz CT molecular complexity index is 396. The molecule has 0 saturated carbocycles. The molecule has 0 radical (unpaired) electrons. The number of hydrogen-bond acceptors (Lipinski definition) is 3. The first-order valence-electron chi connectivity index (χ1n) is 6.86. The van der Waals surface area contributed by atoms with Crippen molar-refractivity contribution in [3.63, 3.8) is 0 Å². The first-order chi connectivity index (χ1) is 9.02. The summed E-state index contributed by atoms with van der Waals surface area (Å²) in [5, 5.41) is 12.2. The monoisotopic (exact) mass is 268 g/mol. The lowest BCUT2D eigenvalue weighted by Gasteiger charge is -2.32. The van der Waals surface area contributed by atoms with Gasteiger partial charge in [0.1, 0.15) is 5.82 Å². The van der Waals surface area contributed by atoms with Gasteiger partial charge in [0, 0.05) is 25.2 Å². The second-order valence-electron chi connectivity index (χ2n) is 5.05. The highest BCUT2D eigenvalue weighted by Gasteiger charge is 2.20. The van der Waals surface area contributed by atoms with Crippen LogP contribution in [0.3, 0.4) is 0 Å². The van der Waals surface area contributed by atoms with Gasteiger partial charge in [0.05, 0.1) is 5.69 Å². The van der Waals surface area contributed by atoms with Crippen molar-refractivity contribution in [1.29, 1.82) is 0 Å². The normalized spacial score (nSPS) is 12.8. The molecule has 4 heteroatoms. The van der Waals surface area contributed by atoms with E-state index in [1.54, 1.807) is 6.07 Å². The van der Waals surface area contributed by atoms with Gasteiger partial charge in [0.15, 0.2) is 0 Å². The van der Waals surface area contributed by atoms with E-state index in [1.807, 2.05) is 38.8 Å². The summed E-state index contributed by atoms with van der Waals surface area (Å²) in [7, 11) is 1.87. The van der Waals surface area contributed by atoms with E-state index in [0.29, 0.717) is 18.7 Å². The lowest BCUT2D eigenvalue weighted by molar-refractivity contribution is 0.288. The van der Waals surface area contributed by atoms with Gasteiger partial charge in [-0.1, -0.05) is 12.1 Å². The van der Waals surface area contributed by atoms with Crippen molar-refractivity contribution in [3.05, 3.63) is 29.6 Å². The zero-order valence-electron chi connectivity index (χ0n) is 12.3. The fraction of sp³-hybridized carbons (Fsp3) is 0.600. The molecule has 1 unspecified atom stereocenters. The van der Waals surface area contributed by atoms with Gasteiger partial charge in [-0.2, -0.15) is 0 Å². The number of para-hydroxylation sites is 1. The Labute approximate surface area is 115 Å². The number of anilines is 1. The number of benzene rings is 1. The maximum atomic E-state index is 14.3. The van der Waals surface area contributed by atoms with Gasteiger partial charge in [-0.15, -0.1) is 0 Å². The average molecular weight is 268 g/mol. The molecule has 0 aliphatic heterocycles. The van der Waals surface area contributed by atoms with E-state index in [0.717, 1.165) is 5.56 Å². The SMILES string of the molecule is CNC(C)c1cccc(F)c1N(CCCO)C(C)C. The number of nitrogens with one attached hydrogen (secondary N) is 1. The van der Waals surface area contributed by atoms with E-state index in [9.17, 15) is 4.39 Å². The third kappa shape index (κ3) is 3.91. The van der Waals surface area contributed by atoms with Crippen LogP contribution < -0.4 is 10.2 Å². The molecule has 1 aromatic rings. The Hall–Kier alpha value is -1.13. The number of halogens is 1. The summed E-state index contributed by atoms with van der Waals surface area (Å²) in [5.41, 5.74) is 1.60. The molecule has 0 aliphatic carbocycles. The minimum atomic E-state index is -0.203. The molecule has 0 heterocycles. The molecule has 0 amide bonds. The van der Waals surface area contributed by atoms with Crippen molar-refractivity contribution in [2.24, 2.45) is 0 Å². The maximum absolute atomic E-state index is 14.3. The van der Waals surface area contributed by atoms with Crippen molar-refractivity contribution in [1.82, 2.24) is 5.32 Å². The van der Waals surface area contributed by atoms with Crippen LogP contribution in [-0.4, -0.2) is 31.3 Å². The minimum Gasteiger partial charge on any atom is -0.396 e. The number of nitrogens with zero attached hydrogens (tertiary/aromatic N) is 1. The molecule has 108 valence electrons. The van der Waals surface area contributed by atoms with E-state index in [-0.39, 0.29) is 24.5 Å². The maximum Gasteiger partial charge on any atom is 0.146 e. The van der Waals surface area contributed by atoms with Gasteiger partial charge in [-0.25, -0.2) is 4.39 Å². The molecule has 0 spiro atoms. The fourth-order valence-corrected chi connectivity index (χ4v) is 2.21. The fourth-order valence-electron chi connectivity index (χ4n) is 2.21. The molecule has 1 rings (SSSR count). The summed E-state index contributed by atoms with van der Waals surface area (Å²) in [6.07, 6.45) is 0.639. The predicted molar refractivity (Wildman–Crippen MR) is 78.1 cm³/mol. The van der Waals surface area contributed by atoms with E-state index in [2.05, 4.69) is 5.32 Å². The highest BCUT2D eigenvalue weighted by atomic mass is 19.1. The van der Waals surface area contributed by atoms with Crippen LogP contribution in [0, 0.1) is 5.82 Å². The number of aliphatic hydroxyl groups is 1. The van der Waals surface area contributed by atoms with Crippen LogP contribution in [0.2, 0.25) is 0 Å². The molecule has 0 aliphatic rings. The van der Waals surface area contributed by atoms with Crippen LogP contribution in [0.25, 0.3) is 0 Å². The number of rotatable bonds is 7. The molecule has 1 aromatic carbocycles. The van der Waals surface area contributed by atoms with Crippen LogP contribution in [-0.2, 0) is 0 Å². The van der Waals surface area contributed by atoms with Crippen LogP contribution in [0.1, 0.15) is 38.8 Å². The van der Waals surface area contributed by atoms with E-state index < -0.39 is 0 Å². The topological polar surface area (TPSA) is 35.5 Å². The quantitative estimate of drug-likeness (QED) is 0.798. The van der Waals surface area contributed by atoms with Crippen molar-refractivity contribution < 1.29 is 9.50 Å². The molecule has 0 fully saturated rings. The average Bonchev–Trinajstić information content (AvgIpc) is 2.39. The third-order valence-corrected chi connectivity index (χ3v) is 3.39. The molecule has 3 nitrogen and oxygen atoms in total. The van der Waals surface area contributed by atoms with Gasteiger partial charge < -0.3 is 15.3 Å². The summed E-state index contributed by atoms with van der Waals surface area (Å²) < 4.78 is 14.3. The lowest BCUT2D eigenvalue weighted by atomic mass is 10.0. The summed E-state index contributed by atoms with van der Waals surface area (Å²) in [5.74, 6) is -0.203. The molecule has 0 saturated heterocycles. The Morgan fingerprint density at radius 3 is 2.53 bits per heavy atom. The second kappa shape index (κ2) is 7.46. The van der Waals surface area contributed by atoms with E-state index >= 15 is 0 Å². The second-order valence-corrected chi connectivity index (χ2v) is 5.05. The molecule has 2 N–H and O–H groups in total. The Morgan fingerprint density at radius 1 is 1.32 bits per heavy atom. The molecule has 0 bridgehead atoms. The Balaban J connectivity index is 3.19. The van der Waals surface area contributed by atoms with Gasteiger partial charge in [-0.3, -0.25) is 0 Å². The molecule has 0 aromatic heterocycles. The first kappa shape index (κ1) is 15.9. The summed E-state index contributed by atoms with van der Waals surface area (Å²) in [6.45, 7) is 6.87. The largest absolute Gasteiger partial charge is 0.396 e. The first-order valence-corrected chi connectivity index (χ1v) is 6.86. The predicted octanol–water partition coefficient (Wildman–Crippen LogP) is 2.70. The van der Waals surface area contributed by atoms with Crippen LogP contribution in [0.4, 0.5) is 10.1 Å². The Morgan fingerprint density at radius 2 is 2.00 bits per heavy atom. The van der Waals surface area contributed by atoms with Crippen molar-refractivity contribution in [3.8, 4) is 0 Å². The zero-order valence-corrected chi connectivity index (χ0v) is 12.3. The summed E-state index contributed by atoms with van der Waals surface area (Å²) >= 11 is 0. The van der Waals surface area contributed by atoms with Crippen LogP contribution in [0.15, 0.2) is 18.2 Å². The highest BCUT2D eigenvalue weighted by molar-refractivity contribution is 5.56. The Kier molecular flexibility index (Phi) is 6.25. The molecular weight excluding hydrogens is 243 g/mol. The van der Waals surface area contributed by atoms with Gasteiger partial charge >= 0.3 is 0 Å². The highest BCUT2D eigenvalue weighted by Crippen LogP contribution is 2.30. The molecule has 19 heavy (non-hydrogen) atoms. The van der Waals surface area contributed by atoms with E-state index in [4.69, 9.17) is 5.11 Å². The smallest absolute Gasteiger partial charge is 0.146 e. The van der Waals surface area contributed by atoms with Crippen molar-refractivity contribution in [2.45, 2.75) is 39.3 Å². The van der Waals surface area contributed by atoms with Gasteiger partial charge in [-0.05, 0) is 45.9 Å². The minimum absolute atomic E-state index is 0.0843. The lowest BCUT2D eigenvalue weighted by Crippen LogP contribution is -2.34. The van der Waals surface area contributed by atoms with Gasteiger partial charge in [0.25, 0.3) is 0 Å². The number of hydrogen-bond donors (Lipinski definition) is 2. The number of aliphatic hydroxyl groups excluding tert-OH is 1. The summed E-state index contributed by atoms with van der Waals surface area (Å²) in [4.78, 5) is 2.02. The molecular formula is C15H25FN2O. The standard InChI is InChI=1S/C15H25FN2O/c1-11(2)18(9-6-10-19)15-13(12(3)17-4)7-5-8-14(15)16/h5,7-8,11-12,17,19H,6,9-10H2,1-4H3. The van der Waals surface area contributed by atoms with Crippen LogP contribution >= 0.6 is 0 Å². The van der Waals surface area contributed by atoms with Gasteiger partial charge in [0.2, 0.25) is 0 Å². The molecule has 1 atom stereocenters.